The summed E-state index contributed by atoms with van der Waals surface area (Å²) < 4.78 is 5.76. The van der Waals surface area contributed by atoms with Crippen LogP contribution < -0.4 is 5.32 Å². The number of anilines is 1. The lowest BCUT2D eigenvalue weighted by Gasteiger charge is -2.10. The molecule has 6 heteroatoms. The normalized spacial score (nSPS) is 11.3. The molecule has 5 aromatic rings. The molecule has 0 bridgehead atoms. The largest absolute Gasteiger partial charge is 0.440 e. The second kappa shape index (κ2) is 7.65. The quantitative estimate of drug-likeness (QED) is 0.406. The van der Waals surface area contributed by atoms with Crippen molar-refractivity contribution in [1.82, 2.24) is 15.0 Å². The highest BCUT2D eigenvalue weighted by molar-refractivity contribution is 6.13. The SMILES string of the molecule is CC(C)c1nc2cc(NC(=O)c3cc(-c4ccncc4)nc4ccccc34)ccc2o1. The molecule has 152 valence electrons. The Morgan fingerprint density at radius 3 is 2.55 bits per heavy atom. The van der Waals surface area contributed by atoms with E-state index >= 15 is 0 Å². The summed E-state index contributed by atoms with van der Waals surface area (Å²) in [6.07, 6.45) is 3.43. The number of amides is 1. The zero-order valence-electron chi connectivity index (χ0n) is 17.2. The summed E-state index contributed by atoms with van der Waals surface area (Å²) in [5.74, 6) is 0.668. The van der Waals surface area contributed by atoms with Crippen LogP contribution in [0.2, 0.25) is 0 Å². The van der Waals surface area contributed by atoms with Gasteiger partial charge in [0.25, 0.3) is 5.91 Å². The zero-order chi connectivity index (χ0) is 21.4. The summed E-state index contributed by atoms with van der Waals surface area (Å²) in [7, 11) is 0. The number of pyridine rings is 2. The van der Waals surface area contributed by atoms with Gasteiger partial charge in [-0.2, -0.15) is 0 Å². The molecule has 6 nitrogen and oxygen atoms in total. The van der Waals surface area contributed by atoms with Gasteiger partial charge in [-0.25, -0.2) is 9.97 Å². The number of para-hydroxylation sites is 1. The van der Waals surface area contributed by atoms with Crippen molar-refractivity contribution in [2.24, 2.45) is 0 Å². The third-order valence-corrected chi connectivity index (χ3v) is 5.09. The Balaban J connectivity index is 1.54. The third-order valence-electron chi connectivity index (χ3n) is 5.09. The summed E-state index contributed by atoms with van der Waals surface area (Å²) in [6, 6.07) is 18.7. The van der Waals surface area contributed by atoms with Gasteiger partial charge in [0.15, 0.2) is 11.5 Å². The lowest BCUT2D eigenvalue weighted by atomic mass is 10.0. The summed E-state index contributed by atoms with van der Waals surface area (Å²) in [5.41, 5.74) is 5.03. The van der Waals surface area contributed by atoms with Crippen LogP contribution in [0.15, 0.2) is 77.5 Å². The molecule has 3 heterocycles. The van der Waals surface area contributed by atoms with Crippen LogP contribution in [-0.2, 0) is 0 Å². The van der Waals surface area contributed by atoms with Gasteiger partial charge in [-0.1, -0.05) is 32.0 Å². The number of oxazole rings is 1. The van der Waals surface area contributed by atoms with Crippen LogP contribution in [0.5, 0.6) is 0 Å². The number of fused-ring (bicyclic) bond motifs is 2. The van der Waals surface area contributed by atoms with E-state index in [4.69, 9.17) is 9.40 Å². The molecule has 0 aliphatic rings. The molecule has 0 saturated heterocycles. The molecule has 1 amide bonds. The fourth-order valence-corrected chi connectivity index (χ4v) is 3.50. The van der Waals surface area contributed by atoms with Gasteiger partial charge in [0, 0.05) is 34.9 Å². The molecular formula is C25H20N4O2. The Labute approximate surface area is 179 Å². The number of hydrogen-bond donors (Lipinski definition) is 1. The van der Waals surface area contributed by atoms with Gasteiger partial charge in [-0.15, -0.1) is 0 Å². The van der Waals surface area contributed by atoms with Crippen molar-refractivity contribution >= 4 is 33.6 Å². The van der Waals surface area contributed by atoms with Gasteiger partial charge in [0.2, 0.25) is 0 Å². The van der Waals surface area contributed by atoms with Crippen molar-refractivity contribution in [3.63, 3.8) is 0 Å². The zero-order valence-corrected chi connectivity index (χ0v) is 17.2. The average Bonchev–Trinajstić information content (AvgIpc) is 3.23. The molecule has 0 radical (unpaired) electrons. The van der Waals surface area contributed by atoms with Gasteiger partial charge >= 0.3 is 0 Å². The minimum Gasteiger partial charge on any atom is -0.440 e. The second-order valence-electron chi connectivity index (χ2n) is 7.65. The minimum atomic E-state index is -0.208. The molecule has 0 aliphatic heterocycles. The molecule has 0 saturated carbocycles. The van der Waals surface area contributed by atoms with Crippen LogP contribution in [0.25, 0.3) is 33.3 Å². The van der Waals surface area contributed by atoms with Crippen LogP contribution in [0.1, 0.15) is 36.0 Å². The molecule has 5 rings (SSSR count). The van der Waals surface area contributed by atoms with E-state index in [1.807, 2.05) is 74.5 Å². The highest BCUT2D eigenvalue weighted by Crippen LogP contribution is 2.27. The predicted molar refractivity (Wildman–Crippen MR) is 121 cm³/mol. The summed E-state index contributed by atoms with van der Waals surface area (Å²) in [5, 5.41) is 3.79. The van der Waals surface area contributed by atoms with Gasteiger partial charge < -0.3 is 9.73 Å². The van der Waals surface area contributed by atoms with E-state index in [0.29, 0.717) is 22.7 Å². The maximum Gasteiger partial charge on any atom is 0.256 e. The van der Waals surface area contributed by atoms with E-state index in [0.717, 1.165) is 27.7 Å². The van der Waals surface area contributed by atoms with Crippen molar-refractivity contribution in [2.75, 3.05) is 5.32 Å². The molecule has 1 N–H and O–H groups in total. The molecule has 2 aromatic carbocycles. The van der Waals surface area contributed by atoms with E-state index < -0.39 is 0 Å². The van der Waals surface area contributed by atoms with Crippen LogP contribution in [0.4, 0.5) is 5.69 Å². The Hall–Kier alpha value is -4.06. The molecule has 0 aliphatic carbocycles. The van der Waals surface area contributed by atoms with E-state index in [9.17, 15) is 4.79 Å². The molecule has 0 unspecified atom stereocenters. The maximum absolute atomic E-state index is 13.3. The van der Waals surface area contributed by atoms with Gasteiger partial charge in [-0.3, -0.25) is 9.78 Å². The Kier molecular flexibility index (Phi) is 4.67. The first kappa shape index (κ1) is 18.9. The first-order valence-corrected chi connectivity index (χ1v) is 10.1. The molecule has 0 atom stereocenters. The Morgan fingerprint density at radius 2 is 1.74 bits per heavy atom. The second-order valence-corrected chi connectivity index (χ2v) is 7.65. The molecule has 0 spiro atoms. The number of benzene rings is 2. The number of carbonyl (C=O) groups excluding carboxylic acids is 1. The van der Waals surface area contributed by atoms with Crippen LogP contribution in [-0.4, -0.2) is 20.9 Å². The molecule has 0 fully saturated rings. The van der Waals surface area contributed by atoms with Crippen LogP contribution in [0, 0.1) is 0 Å². The fraction of sp³-hybridized carbons (Fsp3) is 0.120. The van der Waals surface area contributed by atoms with Crippen molar-refractivity contribution < 1.29 is 9.21 Å². The van der Waals surface area contributed by atoms with Crippen molar-refractivity contribution in [3.05, 3.63) is 84.5 Å². The van der Waals surface area contributed by atoms with E-state index in [2.05, 4.69) is 15.3 Å². The summed E-state index contributed by atoms with van der Waals surface area (Å²) in [4.78, 5) is 26.6. The summed E-state index contributed by atoms with van der Waals surface area (Å²) in [6.45, 7) is 4.06. The standard InChI is InChI=1S/C25H20N4O2/c1-15(2)25-29-22-13-17(7-8-23(22)31-25)27-24(30)19-14-21(16-9-11-26-12-10-16)28-20-6-4-3-5-18(19)20/h3-15H,1-2H3,(H,27,30). The predicted octanol–water partition coefficient (Wildman–Crippen LogP) is 5.81. The monoisotopic (exact) mass is 408 g/mol. The van der Waals surface area contributed by atoms with E-state index in [1.54, 1.807) is 12.4 Å². The average molecular weight is 408 g/mol. The number of carbonyl (C=O) groups is 1. The number of hydrogen-bond acceptors (Lipinski definition) is 5. The van der Waals surface area contributed by atoms with Gasteiger partial charge in [0.05, 0.1) is 16.8 Å². The maximum atomic E-state index is 13.3. The lowest BCUT2D eigenvalue weighted by molar-refractivity contribution is 0.102. The molecular weight excluding hydrogens is 388 g/mol. The van der Waals surface area contributed by atoms with Crippen molar-refractivity contribution in [1.29, 1.82) is 0 Å². The topological polar surface area (TPSA) is 80.9 Å². The van der Waals surface area contributed by atoms with Gasteiger partial charge in [-0.05, 0) is 42.5 Å². The summed E-state index contributed by atoms with van der Waals surface area (Å²) >= 11 is 0. The first-order chi connectivity index (χ1) is 15.1. The molecule has 31 heavy (non-hydrogen) atoms. The van der Waals surface area contributed by atoms with Crippen LogP contribution >= 0.6 is 0 Å². The fourth-order valence-electron chi connectivity index (χ4n) is 3.50. The highest BCUT2D eigenvalue weighted by atomic mass is 16.3. The number of aromatic nitrogens is 3. The molecule has 3 aromatic heterocycles. The number of nitrogens with one attached hydrogen (secondary N) is 1. The Morgan fingerprint density at radius 1 is 0.935 bits per heavy atom. The third kappa shape index (κ3) is 3.64. The van der Waals surface area contributed by atoms with E-state index in [1.165, 1.54) is 0 Å². The van der Waals surface area contributed by atoms with Crippen molar-refractivity contribution in [2.45, 2.75) is 19.8 Å². The van der Waals surface area contributed by atoms with Crippen LogP contribution in [0.3, 0.4) is 0 Å². The number of rotatable bonds is 4. The smallest absolute Gasteiger partial charge is 0.256 e. The lowest BCUT2D eigenvalue weighted by Crippen LogP contribution is -2.13. The van der Waals surface area contributed by atoms with E-state index in [-0.39, 0.29) is 11.8 Å². The number of nitrogens with zero attached hydrogens (tertiary/aromatic N) is 3. The minimum absolute atomic E-state index is 0.195. The van der Waals surface area contributed by atoms with Crippen molar-refractivity contribution in [3.8, 4) is 11.3 Å². The van der Waals surface area contributed by atoms with Gasteiger partial charge in [0.1, 0.15) is 5.52 Å². The first-order valence-electron chi connectivity index (χ1n) is 10.1. The highest BCUT2D eigenvalue weighted by Gasteiger charge is 2.15. The Bertz CT molecular complexity index is 1410.